The Morgan fingerprint density at radius 3 is 2.90 bits per heavy atom. The molecule has 1 saturated heterocycles. The number of hydrogen-bond acceptors (Lipinski definition) is 6. The molecule has 2 N–H and O–H groups in total. The Bertz CT molecular complexity index is 598. The van der Waals surface area contributed by atoms with E-state index in [0.29, 0.717) is 31.7 Å². The zero-order valence-electron chi connectivity index (χ0n) is 12.1. The maximum absolute atomic E-state index is 12.0. The van der Waals surface area contributed by atoms with Crippen LogP contribution in [-0.4, -0.2) is 52.8 Å². The standard InChI is InChI=1S/C12H21N5O3S/c1-21(19,20)17-4-2-3-10(7-17)5-12(18)9-16-8-11(6-13)14-15-16/h8,10H,2-7,9,13H2,1H3. The number of hydrogen-bond donors (Lipinski definition) is 1. The molecule has 0 bridgehead atoms. The lowest BCUT2D eigenvalue weighted by atomic mass is 9.94. The molecule has 21 heavy (non-hydrogen) atoms. The lowest BCUT2D eigenvalue weighted by molar-refractivity contribution is -0.121. The van der Waals surface area contributed by atoms with E-state index >= 15 is 0 Å². The number of rotatable bonds is 6. The molecular weight excluding hydrogens is 294 g/mol. The van der Waals surface area contributed by atoms with E-state index < -0.39 is 10.0 Å². The van der Waals surface area contributed by atoms with Crippen molar-refractivity contribution >= 4 is 15.8 Å². The molecule has 9 heteroatoms. The second kappa shape index (κ2) is 6.63. The van der Waals surface area contributed by atoms with Crippen molar-refractivity contribution in [2.75, 3.05) is 19.3 Å². The number of sulfonamides is 1. The van der Waals surface area contributed by atoms with Crippen molar-refractivity contribution in [2.24, 2.45) is 11.7 Å². The van der Waals surface area contributed by atoms with Crippen LogP contribution < -0.4 is 5.73 Å². The fraction of sp³-hybridized carbons (Fsp3) is 0.750. The van der Waals surface area contributed by atoms with Crippen LogP contribution in [-0.2, 0) is 27.9 Å². The van der Waals surface area contributed by atoms with Gasteiger partial charge < -0.3 is 5.73 Å². The highest BCUT2D eigenvalue weighted by Crippen LogP contribution is 2.21. The third-order valence-electron chi connectivity index (χ3n) is 3.60. The summed E-state index contributed by atoms with van der Waals surface area (Å²) in [4.78, 5) is 12.0. The van der Waals surface area contributed by atoms with Gasteiger partial charge in [-0.2, -0.15) is 0 Å². The second-order valence-corrected chi connectivity index (χ2v) is 7.47. The Morgan fingerprint density at radius 2 is 2.29 bits per heavy atom. The number of carbonyl (C=O) groups is 1. The zero-order valence-corrected chi connectivity index (χ0v) is 12.9. The number of piperidine rings is 1. The number of nitrogens with zero attached hydrogens (tertiary/aromatic N) is 4. The minimum Gasteiger partial charge on any atom is -0.325 e. The Morgan fingerprint density at radius 1 is 1.52 bits per heavy atom. The molecule has 8 nitrogen and oxygen atoms in total. The van der Waals surface area contributed by atoms with Gasteiger partial charge in [-0.15, -0.1) is 5.10 Å². The predicted molar refractivity (Wildman–Crippen MR) is 76.7 cm³/mol. The summed E-state index contributed by atoms with van der Waals surface area (Å²) in [5, 5.41) is 7.66. The van der Waals surface area contributed by atoms with Crippen LogP contribution >= 0.6 is 0 Å². The number of aromatic nitrogens is 3. The first kappa shape index (κ1) is 16.1. The highest BCUT2D eigenvalue weighted by molar-refractivity contribution is 7.88. The monoisotopic (exact) mass is 315 g/mol. The number of Topliss-reactive ketones (excluding diaryl/α,β-unsaturated/α-hetero) is 1. The van der Waals surface area contributed by atoms with Crippen LogP contribution in [0, 0.1) is 5.92 Å². The summed E-state index contributed by atoms with van der Waals surface area (Å²) in [5.74, 6) is 0.113. The normalized spacial score (nSPS) is 20.6. The quantitative estimate of drug-likeness (QED) is 0.748. The van der Waals surface area contributed by atoms with Crippen LogP contribution in [0.4, 0.5) is 0 Å². The summed E-state index contributed by atoms with van der Waals surface area (Å²) >= 11 is 0. The molecule has 1 unspecified atom stereocenters. The molecule has 0 amide bonds. The number of nitrogens with two attached hydrogens (primary N) is 1. The minimum absolute atomic E-state index is 0.0313. The minimum atomic E-state index is -3.17. The molecule has 2 rings (SSSR count). The zero-order chi connectivity index (χ0) is 15.5. The Hall–Kier alpha value is -1.32. The average Bonchev–Trinajstić information content (AvgIpc) is 2.85. The smallest absolute Gasteiger partial charge is 0.211 e. The van der Waals surface area contributed by atoms with Crippen molar-refractivity contribution in [3.05, 3.63) is 11.9 Å². The fourth-order valence-corrected chi connectivity index (χ4v) is 3.51. The molecule has 0 radical (unpaired) electrons. The summed E-state index contributed by atoms with van der Waals surface area (Å²) in [6.07, 6.45) is 4.90. The van der Waals surface area contributed by atoms with Gasteiger partial charge in [-0.1, -0.05) is 5.21 Å². The third kappa shape index (κ3) is 4.58. The summed E-state index contributed by atoms with van der Waals surface area (Å²) < 4.78 is 26.0. The van der Waals surface area contributed by atoms with Crippen molar-refractivity contribution in [1.82, 2.24) is 19.3 Å². The largest absolute Gasteiger partial charge is 0.325 e. The van der Waals surface area contributed by atoms with Gasteiger partial charge in [0.15, 0.2) is 5.78 Å². The van der Waals surface area contributed by atoms with Gasteiger partial charge in [0.2, 0.25) is 10.0 Å². The predicted octanol–water partition coefficient (Wildman–Crippen LogP) is -0.632. The first-order chi connectivity index (χ1) is 9.88. The maximum atomic E-state index is 12.0. The van der Waals surface area contributed by atoms with Gasteiger partial charge in [-0.3, -0.25) is 4.79 Å². The van der Waals surface area contributed by atoms with Crippen LogP contribution in [0.5, 0.6) is 0 Å². The van der Waals surface area contributed by atoms with Gasteiger partial charge in [-0.05, 0) is 18.8 Å². The molecule has 2 heterocycles. The molecule has 1 aromatic rings. The number of ketones is 1. The molecule has 1 aromatic heterocycles. The van der Waals surface area contributed by atoms with E-state index in [1.54, 1.807) is 6.20 Å². The van der Waals surface area contributed by atoms with Crippen molar-refractivity contribution in [2.45, 2.75) is 32.4 Å². The van der Waals surface area contributed by atoms with E-state index in [1.165, 1.54) is 15.2 Å². The van der Waals surface area contributed by atoms with Gasteiger partial charge in [0.25, 0.3) is 0 Å². The highest BCUT2D eigenvalue weighted by atomic mass is 32.2. The topological polar surface area (TPSA) is 111 Å². The van der Waals surface area contributed by atoms with Gasteiger partial charge in [0.05, 0.1) is 18.1 Å². The fourth-order valence-electron chi connectivity index (χ4n) is 2.57. The molecule has 0 aliphatic carbocycles. The van der Waals surface area contributed by atoms with E-state index in [2.05, 4.69) is 10.3 Å². The second-order valence-electron chi connectivity index (χ2n) is 5.48. The molecule has 118 valence electrons. The van der Waals surface area contributed by atoms with E-state index in [0.717, 1.165) is 12.8 Å². The van der Waals surface area contributed by atoms with Gasteiger partial charge in [0.1, 0.15) is 6.54 Å². The Labute approximate surface area is 124 Å². The lowest BCUT2D eigenvalue weighted by Gasteiger charge is -2.30. The maximum Gasteiger partial charge on any atom is 0.211 e. The van der Waals surface area contributed by atoms with Crippen molar-refractivity contribution in [3.63, 3.8) is 0 Å². The molecule has 1 atom stereocenters. The van der Waals surface area contributed by atoms with E-state index in [9.17, 15) is 13.2 Å². The first-order valence-electron chi connectivity index (χ1n) is 6.94. The van der Waals surface area contributed by atoms with E-state index in [4.69, 9.17) is 5.73 Å². The molecule has 0 saturated carbocycles. The lowest BCUT2D eigenvalue weighted by Crippen LogP contribution is -2.40. The molecule has 1 aliphatic rings. The molecule has 1 fully saturated rings. The highest BCUT2D eigenvalue weighted by Gasteiger charge is 2.27. The van der Waals surface area contributed by atoms with Crippen LogP contribution in [0.2, 0.25) is 0 Å². The molecular formula is C12H21N5O3S. The van der Waals surface area contributed by atoms with Crippen LogP contribution in [0.3, 0.4) is 0 Å². The summed E-state index contributed by atoms with van der Waals surface area (Å²) in [7, 11) is -3.17. The molecule has 1 aliphatic heterocycles. The van der Waals surface area contributed by atoms with Crippen LogP contribution in [0.25, 0.3) is 0 Å². The first-order valence-corrected chi connectivity index (χ1v) is 8.79. The number of carbonyl (C=O) groups excluding carboxylic acids is 1. The Kier molecular flexibility index (Phi) is 5.07. The Balaban J connectivity index is 1.87. The van der Waals surface area contributed by atoms with E-state index in [1.807, 2.05) is 0 Å². The average molecular weight is 315 g/mol. The van der Waals surface area contributed by atoms with Crippen molar-refractivity contribution in [1.29, 1.82) is 0 Å². The van der Waals surface area contributed by atoms with Gasteiger partial charge in [-0.25, -0.2) is 17.4 Å². The SMILES string of the molecule is CS(=O)(=O)N1CCCC(CC(=O)Cn2cc(CN)nn2)C1. The van der Waals surface area contributed by atoms with Gasteiger partial charge >= 0.3 is 0 Å². The van der Waals surface area contributed by atoms with Crippen molar-refractivity contribution < 1.29 is 13.2 Å². The van der Waals surface area contributed by atoms with E-state index in [-0.39, 0.29) is 18.2 Å². The van der Waals surface area contributed by atoms with Gasteiger partial charge in [0, 0.05) is 26.1 Å². The third-order valence-corrected chi connectivity index (χ3v) is 4.87. The molecule has 0 spiro atoms. The summed E-state index contributed by atoms with van der Waals surface area (Å²) in [6.45, 7) is 1.42. The van der Waals surface area contributed by atoms with Crippen LogP contribution in [0.1, 0.15) is 25.0 Å². The van der Waals surface area contributed by atoms with Crippen LogP contribution in [0.15, 0.2) is 6.20 Å². The molecule has 0 aromatic carbocycles. The van der Waals surface area contributed by atoms with Crippen molar-refractivity contribution in [3.8, 4) is 0 Å². The summed E-state index contributed by atoms with van der Waals surface area (Å²) in [5.41, 5.74) is 6.08. The summed E-state index contributed by atoms with van der Waals surface area (Å²) in [6, 6.07) is 0.